The molecule has 0 aliphatic carbocycles. The Balaban J connectivity index is 3.21. The van der Waals surface area contributed by atoms with E-state index in [4.69, 9.17) is 22.3 Å². The maximum absolute atomic E-state index is 12.5. The zero-order valence-corrected chi connectivity index (χ0v) is 13.5. The maximum Gasteiger partial charge on any atom is 0.186 e. The monoisotopic (exact) mass is 309 g/mol. The number of alkyl halides is 1. The summed E-state index contributed by atoms with van der Waals surface area (Å²) in [6.45, 7) is 6.02. The number of benzene rings is 1. The molecule has 0 fully saturated rings. The molecule has 0 amide bonds. The minimum absolute atomic E-state index is 0.209. The van der Waals surface area contributed by atoms with Crippen LogP contribution in [0.25, 0.3) is 0 Å². The highest BCUT2D eigenvalue weighted by Crippen LogP contribution is 2.30. The smallest absolute Gasteiger partial charge is 0.186 e. The largest absolute Gasteiger partial charge is 0.265 e. The van der Waals surface area contributed by atoms with Crippen LogP contribution in [0.1, 0.15) is 10.8 Å². The third-order valence-electron chi connectivity index (χ3n) is 2.06. The topological polar surface area (TPSA) is 29.4 Å². The van der Waals surface area contributed by atoms with E-state index < -0.39 is 22.4 Å². The van der Waals surface area contributed by atoms with E-state index in [-0.39, 0.29) is 5.88 Å². The summed E-state index contributed by atoms with van der Waals surface area (Å²) in [6.07, 6.45) is 0. The predicted molar refractivity (Wildman–Crippen MR) is 79.7 cm³/mol. The predicted octanol–water partition coefficient (Wildman–Crippen LogP) is 4.42. The highest BCUT2D eigenvalue weighted by atomic mass is 35.7. The lowest BCUT2D eigenvalue weighted by atomic mass is 10.2. The second kappa shape index (κ2) is 5.74. The van der Waals surface area contributed by atoms with Crippen molar-refractivity contribution in [2.75, 3.05) is 5.88 Å². The van der Waals surface area contributed by atoms with Crippen molar-refractivity contribution in [2.24, 2.45) is 4.03 Å². The van der Waals surface area contributed by atoms with Gasteiger partial charge >= 0.3 is 0 Å². The fourth-order valence-electron chi connectivity index (χ4n) is 1.44. The number of halogens is 2. The summed E-state index contributed by atoms with van der Waals surface area (Å²) in [7, 11) is 1.48. The van der Waals surface area contributed by atoms with E-state index in [2.05, 4.69) is 4.03 Å². The molecule has 0 spiro atoms. The molecule has 1 aromatic carbocycles. The van der Waals surface area contributed by atoms with Crippen LogP contribution in [-0.4, -0.2) is 18.3 Å². The molecule has 2 nitrogen and oxygen atoms in total. The molecule has 1 aromatic rings. The lowest BCUT2D eigenvalue weighted by Gasteiger charge is -2.18. The van der Waals surface area contributed by atoms with E-state index in [1.807, 2.05) is 50.0 Å². The van der Waals surface area contributed by atoms with E-state index in [0.717, 1.165) is 5.56 Å². The molecule has 0 radical (unpaired) electrons. The molecule has 17 heavy (non-hydrogen) atoms. The highest BCUT2D eigenvalue weighted by Gasteiger charge is 2.25. The average Bonchev–Trinajstić information content (AvgIpc) is 2.15. The Labute approximate surface area is 114 Å². The van der Waals surface area contributed by atoms with E-state index in [9.17, 15) is 4.21 Å². The first-order valence-corrected chi connectivity index (χ1v) is 11.7. The Morgan fingerprint density at radius 1 is 1.29 bits per heavy atom. The molecule has 6 heteroatoms. The second-order valence-corrected chi connectivity index (χ2v) is 13.1. The maximum atomic E-state index is 12.5. The summed E-state index contributed by atoms with van der Waals surface area (Å²) in [6, 6.07) is 9.44. The molecule has 2 unspecified atom stereocenters. The van der Waals surface area contributed by atoms with Crippen molar-refractivity contribution in [1.29, 1.82) is 0 Å². The summed E-state index contributed by atoms with van der Waals surface area (Å²) in [5, 5.41) is -0.418. The first-order valence-electron chi connectivity index (χ1n) is 5.34. The van der Waals surface area contributed by atoms with Gasteiger partial charge in [-0.3, -0.25) is 4.03 Å². The molecule has 0 saturated heterocycles. The van der Waals surface area contributed by atoms with Crippen LogP contribution in [0.5, 0.6) is 0 Å². The fraction of sp³-hybridized carbons (Fsp3) is 0.455. The van der Waals surface area contributed by atoms with Gasteiger partial charge in [0.25, 0.3) is 0 Å². The SMILES string of the molecule is C[Si](C)(C)N=S(=O)(Cl)C(CCl)c1ccccc1. The summed E-state index contributed by atoms with van der Waals surface area (Å²) < 4.78 is 16.8. The molecule has 0 N–H and O–H groups in total. The van der Waals surface area contributed by atoms with Crippen LogP contribution in [0.3, 0.4) is 0 Å². The summed E-state index contributed by atoms with van der Waals surface area (Å²) >= 11 is 5.91. The van der Waals surface area contributed by atoms with Gasteiger partial charge in [-0.1, -0.05) is 30.3 Å². The molecular formula is C11H17Cl2NOSSi. The van der Waals surface area contributed by atoms with Gasteiger partial charge in [0.1, 0.15) is 8.94 Å². The summed E-state index contributed by atoms with van der Waals surface area (Å²) in [5.41, 5.74) is 0.879. The van der Waals surface area contributed by atoms with Gasteiger partial charge in [0, 0.05) is 5.88 Å². The van der Waals surface area contributed by atoms with Crippen molar-refractivity contribution in [1.82, 2.24) is 0 Å². The minimum atomic E-state index is -2.81. The van der Waals surface area contributed by atoms with Crippen molar-refractivity contribution in [3.8, 4) is 0 Å². The number of hydrogen-bond donors (Lipinski definition) is 0. The molecule has 96 valence electrons. The zero-order valence-electron chi connectivity index (χ0n) is 10.2. The van der Waals surface area contributed by atoms with Crippen LogP contribution in [0, 0.1) is 0 Å². The Kier molecular flexibility index (Phi) is 5.07. The molecule has 0 bridgehead atoms. The van der Waals surface area contributed by atoms with Crippen molar-refractivity contribution < 1.29 is 4.21 Å². The normalized spacial score (nSPS) is 17.2. The third kappa shape index (κ3) is 4.62. The van der Waals surface area contributed by atoms with E-state index in [0.29, 0.717) is 0 Å². The molecule has 0 aliphatic heterocycles. The lowest BCUT2D eigenvalue weighted by Crippen LogP contribution is -2.21. The van der Waals surface area contributed by atoms with Crippen molar-refractivity contribution in [3.63, 3.8) is 0 Å². The van der Waals surface area contributed by atoms with E-state index in [1.54, 1.807) is 0 Å². The van der Waals surface area contributed by atoms with Crippen LogP contribution < -0.4 is 0 Å². The van der Waals surface area contributed by atoms with Gasteiger partial charge in [-0.05, 0) is 35.9 Å². The third-order valence-corrected chi connectivity index (χ3v) is 8.15. The van der Waals surface area contributed by atoms with Crippen molar-refractivity contribution >= 4 is 39.5 Å². The molecule has 0 aromatic heterocycles. The summed E-state index contributed by atoms with van der Waals surface area (Å²) in [5.74, 6) is 0.209. The Hall–Kier alpha value is -0.0331. The first kappa shape index (κ1) is 15.0. The van der Waals surface area contributed by atoms with Crippen molar-refractivity contribution in [3.05, 3.63) is 35.9 Å². The quantitative estimate of drug-likeness (QED) is 0.460. The fourth-order valence-corrected chi connectivity index (χ4v) is 8.83. The standard InChI is InChI=1S/C11H17Cl2NOSSi/c1-17(2,3)14-16(13,15)11(9-12)10-7-5-4-6-8-10/h4-8,11H,9H2,1-3H3. The van der Waals surface area contributed by atoms with Gasteiger partial charge in [0.2, 0.25) is 0 Å². The molecule has 2 atom stereocenters. The van der Waals surface area contributed by atoms with Crippen LogP contribution in [0.2, 0.25) is 19.6 Å². The molecule has 0 aliphatic rings. The molecular weight excluding hydrogens is 293 g/mol. The Morgan fingerprint density at radius 3 is 2.24 bits per heavy atom. The Bertz CT molecular complexity index is 478. The number of hydrogen-bond acceptors (Lipinski definition) is 2. The van der Waals surface area contributed by atoms with E-state index in [1.165, 1.54) is 0 Å². The van der Waals surface area contributed by atoms with Gasteiger partial charge in [-0.15, -0.1) is 11.6 Å². The summed E-state index contributed by atoms with van der Waals surface area (Å²) in [4.78, 5) is 0. The highest BCUT2D eigenvalue weighted by molar-refractivity contribution is 8.16. The van der Waals surface area contributed by atoms with Crippen molar-refractivity contribution in [2.45, 2.75) is 24.9 Å². The first-order chi connectivity index (χ1) is 7.76. The van der Waals surface area contributed by atoms with Gasteiger partial charge in [-0.2, -0.15) is 0 Å². The van der Waals surface area contributed by atoms with Crippen LogP contribution in [0.4, 0.5) is 0 Å². The Morgan fingerprint density at radius 2 is 1.82 bits per heavy atom. The zero-order chi connectivity index (χ0) is 13.1. The van der Waals surface area contributed by atoms with Crippen LogP contribution >= 0.6 is 22.3 Å². The van der Waals surface area contributed by atoms with Crippen LogP contribution in [0.15, 0.2) is 34.4 Å². The van der Waals surface area contributed by atoms with Crippen LogP contribution in [-0.2, 0) is 8.94 Å². The molecule has 1 rings (SSSR count). The molecule has 0 heterocycles. The van der Waals surface area contributed by atoms with E-state index >= 15 is 0 Å². The lowest BCUT2D eigenvalue weighted by molar-refractivity contribution is 0.679. The van der Waals surface area contributed by atoms with Gasteiger partial charge in [0.15, 0.2) is 8.24 Å². The number of rotatable bonds is 4. The second-order valence-electron chi connectivity index (χ2n) is 4.81. The minimum Gasteiger partial charge on any atom is -0.265 e. The van der Waals surface area contributed by atoms with Gasteiger partial charge in [0.05, 0.1) is 5.25 Å². The van der Waals surface area contributed by atoms with Gasteiger partial charge < -0.3 is 0 Å². The van der Waals surface area contributed by atoms with Gasteiger partial charge in [-0.25, -0.2) is 4.21 Å². The average molecular weight is 310 g/mol. The molecule has 0 saturated carbocycles. The number of nitrogens with zero attached hydrogens (tertiary/aromatic N) is 1.